The molecule has 0 radical (unpaired) electrons. The fourth-order valence-corrected chi connectivity index (χ4v) is 2.93. The standard InChI is InChI=1S/C22H22N4O6/c1-13-3-5-16(9-14(13)2)29-11-19(27)23-7-8-24-21(28)22-25-20(26-32-22)15-4-6-17-18(10-15)31-12-30-17/h3-6,9-10H,7-8,11-12H2,1-2H3,(H,23,27)(H,24,28). The SMILES string of the molecule is Cc1ccc(OCC(=O)NCCNC(=O)c2nc(-c3ccc4c(c3)OCO4)no2)cc1C. The van der Waals surface area contributed by atoms with E-state index in [0.29, 0.717) is 22.8 Å². The van der Waals surface area contributed by atoms with Gasteiger partial charge in [0.25, 0.3) is 5.91 Å². The van der Waals surface area contributed by atoms with Crippen LogP contribution in [0.5, 0.6) is 17.2 Å². The van der Waals surface area contributed by atoms with Gasteiger partial charge in [-0.1, -0.05) is 11.2 Å². The van der Waals surface area contributed by atoms with Crippen LogP contribution in [-0.2, 0) is 4.79 Å². The van der Waals surface area contributed by atoms with Crippen LogP contribution in [0.25, 0.3) is 11.4 Å². The van der Waals surface area contributed by atoms with Crippen molar-refractivity contribution in [2.75, 3.05) is 26.5 Å². The molecule has 166 valence electrons. The summed E-state index contributed by atoms with van der Waals surface area (Å²) in [6.45, 7) is 4.45. The third-order valence-electron chi connectivity index (χ3n) is 4.83. The van der Waals surface area contributed by atoms with E-state index >= 15 is 0 Å². The van der Waals surface area contributed by atoms with E-state index in [0.717, 1.165) is 11.1 Å². The molecule has 3 aromatic rings. The number of aromatic nitrogens is 2. The van der Waals surface area contributed by atoms with Gasteiger partial charge in [-0.25, -0.2) is 0 Å². The van der Waals surface area contributed by atoms with Crippen molar-refractivity contribution in [3.05, 3.63) is 53.4 Å². The van der Waals surface area contributed by atoms with Gasteiger partial charge in [-0.2, -0.15) is 4.98 Å². The summed E-state index contributed by atoms with van der Waals surface area (Å²) in [4.78, 5) is 28.2. The van der Waals surface area contributed by atoms with Gasteiger partial charge < -0.3 is 29.4 Å². The van der Waals surface area contributed by atoms with Crippen LogP contribution >= 0.6 is 0 Å². The lowest BCUT2D eigenvalue weighted by Crippen LogP contribution is -2.36. The lowest BCUT2D eigenvalue weighted by atomic mass is 10.1. The van der Waals surface area contributed by atoms with Crippen LogP contribution in [0.15, 0.2) is 40.9 Å². The molecule has 0 aliphatic carbocycles. The average Bonchev–Trinajstić information content (AvgIpc) is 3.46. The van der Waals surface area contributed by atoms with Crippen molar-refractivity contribution in [1.82, 2.24) is 20.8 Å². The molecule has 1 aliphatic rings. The molecule has 4 rings (SSSR count). The molecular formula is C22H22N4O6. The van der Waals surface area contributed by atoms with Crippen molar-refractivity contribution in [2.24, 2.45) is 0 Å². The van der Waals surface area contributed by atoms with Crippen LogP contribution < -0.4 is 24.8 Å². The maximum atomic E-state index is 12.2. The fourth-order valence-electron chi connectivity index (χ4n) is 2.93. The smallest absolute Gasteiger partial charge is 0.316 e. The quantitative estimate of drug-likeness (QED) is 0.512. The summed E-state index contributed by atoms with van der Waals surface area (Å²) in [5, 5.41) is 9.11. The van der Waals surface area contributed by atoms with Crippen LogP contribution in [0.4, 0.5) is 0 Å². The van der Waals surface area contributed by atoms with Gasteiger partial charge in [0, 0.05) is 18.7 Å². The van der Waals surface area contributed by atoms with E-state index in [1.165, 1.54) is 0 Å². The second kappa shape index (κ2) is 9.38. The highest BCUT2D eigenvalue weighted by atomic mass is 16.7. The van der Waals surface area contributed by atoms with E-state index in [-0.39, 0.29) is 44.1 Å². The van der Waals surface area contributed by atoms with Gasteiger partial charge in [0.2, 0.25) is 12.6 Å². The number of benzene rings is 2. The molecule has 1 aromatic heterocycles. The second-order valence-electron chi connectivity index (χ2n) is 7.13. The maximum absolute atomic E-state index is 12.2. The predicted molar refractivity (Wildman–Crippen MR) is 113 cm³/mol. The number of rotatable bonds is 8. The molecule has 0 fully saturated rings. The monoisotopic (exact) mass is 438 g/mol. The van der Waals surface area contributed by atoms with Gasteiger partial charge in [0.1, 0.15) is 5.75 Å². The number of fused-ring (bicyclic) bond motifs is 1. The van der Waals surface area contributed by atoms with Crippen molar-refractivity contribution < 1.29 is 28.3 Å². The minimum absolute atomic E-state index is 0.112. The number of carbonyl (C=O) groups excluding carboxylic acids is 2. The van der Waals surface area contributed by atoms with Crippen LogP contribution in [0.3, 0.4) is 0 Å². The molecule has 0 unspecified atom stereocenters. The fraction of sp³-hybridized carbons (Fsp3) is 0.273. The number of amides is 2. The molecule has 0 spiro atoms. The Bertz CT molecular complexity index is 1140. The lowest BCUT2D eigenvalue weighted by Gasteiger charge is -2.09. The minimum atomic E-state index is -0.537. The predicted octanol–water partition coefficient (Wildman–Crippen LogP) is 2.01. The third kappa shape index (κ3) is 4.97. The Labute approximate surface area is 183 Å². The van der Waals surface area contributed by atoms with Gasteiger partial charge in [-0.3, -0.25) is 9.59 Å². The first kappa shape index (κ1) is 21.2. The van der Waals surface area contributed by atoms with Gasteiger partial charge >= 0.3 is 11.8 Å². The van der Waals surface area contributed by atoms with Crippen LogP contribution in [-0.4, -0.2) is 48.4 Å². The zero-order valence-corrected chi connectivity index (χ0v) is 17.6. The molecule has 1 aliphatic heterocycles. The summed E-state index contributed by atoms with van der Waals surface area (Å²) < 4.78 is 21.1. The molecule has 0 bridgehead atoms. The molecule has 0 atom stereocenters. The summed E-state index contributed by atoms with van der Waals surface area (Å²) in [7, 11) is 0. The lowest BCUT2D eigenvalue weighted by molar-refractivity contribution is -0.123. The summed E-state index contributed by atoms with van der Waals surface area (Å²) >= 11 is 0. The minimum Gasteiger partial charge on any atom is -0.484 e. The van der Waals surface area contributed by atoms with E-state index in [4.69, 9.17) is 18.7 Å². The third-order valence-corrected chi connectivity index (χ3v) is 4.83. The largest absolute Gasteiger partial charge is 0.484 e. The molecule has 0 saturated carbocycles. The van der Waals surface area contributed by atoms with Crippen molar-refractivity contribution in [3.63, 3.8) is 0 Å². The van der Waals surface area contributed by atoms with E-state index in [1.807, 2.05) is 32.0 Å². The Hall–Kier alpha value is -4.08. The molecule has 32 heavy (non-hydrogen) atoms. The van der Waals surface area contributed by atoms with Crippen molar-refractivity contribution in [1.29, 1.82) is 0 Å². The summed E-state index contributed by atoms with van der Waals surface area (Å²) in [5.74, 6) is 1.09. The van der Waals surface area contributed by atoms with E-state index in [9.17, 15) is 9.59 Å². The molecule has 10 heteroatoms. The second-order valence-corrected chi connectivity index (χ2v) is 7.13. The zero-order chi connectivity index (χ0) is 22.5. The van der Waals surface area contributed by atoms with E-state index < -0.39 is 5.91 Å². The first-order valence-electron chi connectivity index (χ1n) is 9.98. The molecule has 2 amide bonds. The van der Waals surface area contributed by atoms with Crippen molar-refractivity contribution in [3.8, 4) is 28.6 Å². The Morgan fingerprint density at radius 1 is 1.00 bits per heavy atom. The van der Waals surface area contributed by atoms with Gasteiger partial charge in [-0.05, 0) is 55.3 Å². The van der Waals surface area contributed by atoms with Gasteiger partial charge in [0.15, 0.2) is 18.1 Å². The van der Waals surface area contributed by atoms with Crippen LogP contribution in [0.1, 0.15) is 21.8 Å². The molecule has 0 saturated heterocycles. The van der Waals surface area contributed by atoms with Crippen molar-refractivity contribution in [2.45, 2.75) is 13.8 Å². The van der Waals surface area contributed by atoms with Gasteiger partial charge in [0.05, 0.1) is 0 Å². The molecule has 2 heterocycles. The Balaban J connectivity index is 1.20. The average molecular weight is 438 g/mol. The Kier molecular flexibility index (Phi) is 6.20. The number of carbonyl (C=O) groups is 2. The first-order valence-corrected chi connectivity index (χ1v) is 9.98. The first-order chi connectivity index (χ1) is 15.5. The summed E-state index contributed by atoms with van der Waals surface area (Å²) in [6.07, 6.45) is 0. The Morgan fingerprint density at radius 2 is 1.81 bits per heavy atom. The number of aryl methyl sites for hydroxylation is 2. The molecule has 2 aromatic carbocycles. The molecule has 2 N–H and O–H groups in total. The highest BCUT2D eigenvalue weighted by Crippen LogP contribution is 2.35. The number of ether oxygens (including phenoxy) is 3. The molecule has 10 nitrogen and oxygen atoms in total. The highest BCUT2D eigenvalue weighted by molar-refractivity contribution is 5.90. The molecular weight excluding hydrogens is 416 g/mol. The topological polar surface area (TPSA) is 125 Å². The number of hydrogen-bond acceptors (Lipinski definition) is 8. The van der Waals surface area contributed by atoms with E-state index in [2.05, 4.69) is 20.8 Å². The van der Waals surface area contributed by atoms with Crippen LogP contribution in [0, 0.1) is 13.8 Å². The number of hydrogen-bond donors (Lipinski definition) is 2. The van der Waals surface area contributed by atoms with Gasteiger partial charge in [-0.15, -0.1) is 0 Å². The summed E-state index contributed by atoms with van der Waals surface area (Å²) in [5.41, 5.74) is 2.88. The number of nitrogens with one attached hydrogen (secondary N) is 2. The van der Waals surface area contributed by atoms with Crippen LogP contribution in [0.2, 0.25) is 0 Å². The Morgan fingerprint density at radius 3 is 2.66 bits per heavy atom. The van der Waals surface area contributed by atoms with Crippen molar-refractivity contribution >= 4 is 11.8 Å². The summed E-state index contributed by atoms with van der Waals surface area (Å²) in [6, 6.07) is 10.8. The highest BCUT2D eigenvalue weighted by Gasteiger charge is 2.19. The number of nitrogens with zero attached hydrogens (tertiary/aromatic N) is 2. The zero-order valence-electron chi connectivity index (χ0n) is 17.6. The maximum Gasteiger partial charge on any atom is 0.316 e. The van der Waals surface area contributed by atoms with E-state index in [1.54, 1.807) is 18.2 Å². The normalized spacial score (nSPS) is 11.8.